The lowest BCUT2D eigenvalue weighted by atomic mass is 10.2. The molecular weight excluding hydrogens is 368 g/mol. The summed E-state index contributed by atoms with van der Waals surface area (Å²) in [6, 6.07) is 14.4. The van der Waals surface area contributed by atoms with Gasteiger partial charge < -0.3 is 14.5 Å². The third-order valence-corrected chi connectivity index (χ3v) is 4.11. The topological polar surface area (TPSA) is 81.4 Å². The average Bonchev–Trinajstić information content (AvgIpc) is 3.08. The van der Waals surface area contributed by atoms with Gasteiger partial charge in [-0.3, -0.25) is 4.79 Å². The van der Waals surface area contributed by atoms with Crippen LogP contribution >= 0.6 is 11.6 Å². The molecule has 0 fully saturated rings. The van der Waals surface area contributed by atoms with E-state index in [9.17, 15) is 9.59 Å². The van der Waals surface area contributed by atoms with E-state index >= 15 is 0 Å². The van der Waals surface area contributed by atoms with Crippen LogP contribution in [0.15, 0.2) is 59.0 Å². The summed E-state index contributed by atoms with van der Waals surface area (Å²) in [5, 5.41) is 3.24. The lowest BCUT2D eigenvalue weighted by molar-refractivity contribution is -0.150. The molecule has 3 rings (SSSR count). The number of rotatable bonds is 6. The summed E-state index contributed by atoms with van der Waals surface area (Å²) in [5.41, 5.74) is 2.09. The Morgan fingerprint density at radius 2 is 1.96 bits per heavy atom. The maximum atomic E-state index is 12.1. The number of benzene rings is 2. The van der Waals surface area contributed by atoms with Gasteiger partial charge in [0.2, 0.25) is 5.89 Å². The van der Waals surface area contributed by atoms with Crippen LogP contribution < -0.4 is 5.32 Å². The molecule has 0 saturated heterocycles. The Labute approximate surface area is 160 Å². The zero-order chi connectivity index (χ0) is 19.2. The number of para-hydroxylation sites is 2. The van der Waals surface area contributed by atoms with E-state index in [0.717, 1.165) is 5.56 Å². The number of amides is 1. The van der Waals surface area contributed by atoms with Crippen molar-refractivity contribution < 1.29 is 18.7 Å². The van der Waals surface area contributed by atoms with Crippen molar-refractivity contribution in [2.45, 2.75) is 19.6 Å². The van der Waals surface area contributed by atoms with Crippen LogP contribution in [0.25, 0.3) is 17.2 Å². The van der Waals surface area contributed by atoms with Crippen molar-refractivity contribution >= 4 is 40.7 Å². The van der Waals surface area contributed by atoms with Crippen LogP contribution in [0, 0.1) is 0 Å². The van der Waals surface area contributed by atoms with Crippen molar-refractivity contribution in [3.8, 4) is 0 Å². The highest BCUT2D eigenvalue weighted by atomic mass is 35.5. The van der Waals surface area contributed by atoms with Gasteiger partial charge in [0.25, 0.3) is 5.91 Å². The number of ether oxygens (including phenoxy) is 1. The summed E-state index contributed by atoms with van der Waals surface area (Å²) in [6.45, 7) is 1.74. The van der Waals surface area contributed by atoms with Gasteiger partial charge >= 0.3 is 5.97 Å². The lowest BCUT2D eigenvalue weighted by Gasteiger charge is -2.12. The number of carbonyl (C=O) groups excluding carboxylic acids is 2. The zero-order valence-corrected chi connectivity index (χ0v) is 15.3. The van der Waals surface area contributed by atoms with Crippen LogP contribution in [0.3, 0.4) is 0 Å². The summed E-state index contributed by atoms with van der Waals surface area (Å²) in [5.74, 6) is -0.805. The predicted octanol–water partition coefficient (Wildman–Crippen LogP) is 3.74. The molecule has 2 aromatic carbocycles. The van der Waals surface area contributed by atoms with E-state index in [0.29, 0.717) is 16.1 Å². The van der Waals surface area contributed by atoms with Gasteiger partial charge in [-0.2, -0.15) is 0 Å². The first-order valence-electron chi connectivity index (χ1n) is 8.28. The molecule has 0 aliphatic carbocycles. The molecule has 0 unspecified atom stereocenters. The molecule has 0 aliphatic rings. The lowest BCUT2D eigenvalue weighted by Crippen LogP contribution is -2.35. The molecule has 1 heterocycles. The smallest absolute Gasteiger partial charge is 0.331 e. The zero-order valence-electron chi connectivity index (χ0n) is 14.5. The molecule has 7 heteroatoms. The van der Waals surface area contributed by atoms with Crippen molar-refractivity contribution in [3.05, 3.63) is 71.1 Å². The van der Waals surface area contributed by atoms with Crippen LogP contribution in [0.5, 0.6) is 0 Å². The number of esters is 1. The Morgan fingerprint density at radius 1 is 1.22 bits per heavy atom. The van der Waals surface area contributed by atoms with Crippen LogP contribution in [-0.4, -0.2) is 23.0 Å². The Bertz CT molecular complexity index is 963. The first-order valence-corrected chi connectivity index (χ1v) is 8.66. The van der Waals surface area contributed by atoms with E-state index in [2.05, 4.69) is 10.3 Å². The van der Waals surface area contributed by atoms with E-state index in [1.54, 1.807) is 24.3 Å². The fourth-order valence-corrected chi connectivity index (χ4v) is 2.54. The van der Waals surface area contributed by atoms with Gasteiger partial charge in [0.05, 0.1) is 0 Å². The standard InChI is InChI=1S/C20H17ClN2O4/c1-13(20(25)22-12-14-6-2-3-7-15(14)21)26-19(24)11-10-18-23-16-8-4-5-9-17(16)27-18/h2-11,13H,12H2,1H3,(H,22,25)/b11-10+/t13-/m1/s1. The normalized spacial score (nSPS) is 12.2. The van der Waals surface area contributed by atoms with Gasteiger partial charge in [-0.15, -0.1) is 0 Å². The van der Waals surface area contributed by atoms with E-state index in [-0.39, 0.29) is 12.4 Å². The fraction of sp³-hybridized carbons (Fsp3) is 0.150. The SMILES string of the molecule is C[C@@H](OC(=O)/C=C/c1nc2ccccc2o1)C(=O)NCc1ccccc1Cl. The molecule has 3 aromatic rings. The van der Waals surface area contributed by atoms with Gasteiger partial charge in [0.15, 0.2) is 11.7 Å². The van der Waals surface area contributed by atoms with Gasteiger partial charge in [-0.1, -0.05) is 41.9 Å². The van der Waals surface area contributed by atoms with Gasteiger partial charge in [-0.05, 0) is 30.7 Å². The highest BCUT2D eigenvalue weighted by molar-refractivity contribution is 6.31. The molecule has 1 atom stereocenters. The largest absolute Gasteiger partial charge is 0.449 e. The maximum absolute atomic E-state index is 12.1. The van der Waals surface area contributed by atoms with E-state index in [1.165, 1.54) is 19.1 Å². The van der Waals surface area contributed by atoms with Crippen molar-refractivity contribution in [2.75, 3.05) is 0 Å². The summed E-state index contributed by atoms with van der Waals surface area (Å²) in [7, 11) is 0. The summed E-state index contributed by atoms with van der Waals surface area (Å²) >= 11 is 6.04. The molecular formula is C20H17ClN2O4. The number of hydrogen-bond donors (Lipinski definition) is 1. The predicted molar refractivity (Wildman–Crippen MR) is 102 cm³/mol. The van der Waals surface area contributed by atoms with Crippen molar-refractivity contribution in [1.82, 2.24) is 10.3 Å². The maximum Gasteiger partial charge on any atom is 0.331 e. The van der Waals surface area contributed by atoms with Crippen molar-refractivity contribution in [1.29, 1.82) is 0 Å². The monoisotopic (exact) mass is 384 g/mol. The van der Waals surface area contributed by atoms with Crippen molar-refractivity contribution in [3.63, 3.8) is 0 Å². The number of nitrogens with one attached hydrogen (secondary N) is 1. The Hall–Kier alpha value is -3.12. The quantitative estimate of drug-likeness (QED) is 0.517. The Kier molecular flexibility index (Phi) is 5.88. The van der Waals surface area contributed by atoms with Gasteiger partial charge in [0, 0.05) is 23.7 Å². The molecule has 27 heavy (non-hydrogen) atoms. The molecule has 1 aromatic heterocycles. The molecule has 1 N–H and O–H groups in total. The second-order valence-corrected chi connectivity index (χ2v) is 6.15. The molecule has 0 bridgehead atoms. The molecule has 1 amide bonds. The van der Waals surface area contributed by atoms with Crippen LogP contribution in [0.2, 0.25) is 5.02 Å². The fourth-order valence-electron chi connectivity index (χ4n) is 2.34. The second kappa shape index (κ2) is 8.51. The number of oxazole rings is 1. The number of fused-ring (bicyclic) bond motifs is 1. The minimum atomic E-state index is -0.951. The molecule has 138 valence electrons. The van der Waals surface area contributed by atoms with Crippen LogP contribution in [0.4, 0.5) is 0 Å². The highest BCUT2D eigenvalue weighted by Crippen LogP contribution is 2.16. The first kappa shape index (κ1) is 18.7. The highest BCUT2D eigenvalue weighted by Gasteiger charge is 2.16. The molecule has 6 nitrogen and oxygen atoms in total. The van der Waals surface area contributed by atoms with Gasteiger partial charge in [-0.25, -0.2) is 9.78 Å². The number of carbonyl (C=O) groups is 2. The number of nitrogens with zero attached hydrogens (tertiary/aromatic N) is 1. The van der Waals surface area contributed by atoms with Crippen LogP contribution in [0.1, 0.15) is 18.4 Å². The third-order valence-electron chi connectivity index (χ3n) is 3.75. The Balaban J connectivity index is 1.52. The van der Waals surface area contributed by atoms with E-state index in [4.69, 9.17) is 20.8 Å². The third kappa shape index (κ3) is 4.95. The Morgan fingerprint density at radius 3 is 2.74 bits per heavy atom. The minimum Gasteiger partial charge on any atom is -0.449 e. The number of hydrogen-bond acceptors (Lipinski definition) is 5. The van der Waals surface area contributed by atoms with Gasteiger partial charge in [0.1, 0.15) is 5.52 Å². The van der Waals surface area contributed by atoms with Crippen molar-refractivity contribution in [2.24, 2.45) is 0 Å². The molecule has 0 aliphatic heterocycles. The molecule has 0 saturated carbocycles. The average molecular weight is 385 g/mol. The molecule has 0 radical (unpaired) electrons. The van der Waals surface area contributed by atoms with Crippen LogP contribution in [-0.2, 0) is 20.9 Å². The van der Waals surface area contributed by atoms with E-state index < -0.39 is 18.0 Å². The summed E-state index contributed by atoms with van der Waals surface area (Å²) in [4.78, 5) is 28.2. The minimum absolute atomic E-state index is 0.249. The first-order chi connectivity index (χ1) is 13.0. The number of halogens is 1. The second-order valence-electron chi connectivity index (χ2n) is 5.74. The number of aromatic nitrogens is 1. The summed E-state index contributed by atoms with van der Waals surface area (Å²) in [6.07, 6.45) is 1.62. The molecule has 0 spiro atoms. The summed E-state index contributed by atoms with van der Waals surface area (Å²) < 4.78 is 10.6. The van der Waals surface area contributed by atoms with E-state index in [1.807, 2.05) is 24.3 Å².